The molecule has 0 aromatic carbocycles. The van der Waals surface area contributed by atoms with Crippen LogP contribution in [0.15, 0.2) is 12.4 Å². The number of aromatic nitrogens is 2. The fraction of sp³-hybridized carbons (Fsp3) is 0.667. The first-order chi connectivity index (χ1) is 8.15. The summed E-state index contributed by atoms with van der Waals surface area (Å²) in [5.41, 5.74) is 6.94. The van der Waals surface area contributed by atoms with Gasteiger partial charge in [0.1, 0.15) is 5.15 Å². The van der Waals surface area contributed by atoms with E-state index in [2.05, 4.69) is 21.8 Å². The Bertz CT molecular complexity index is 352. The van der Waals surface area contributed by atoms with Crippen LogP contribution >= 0.6 is 11.6 Å². The third-order valence-electron chi connectivity index (χ3n) is 3.34. The molecule has 1 fully saturated rings. The standard InChI is InChI=1S/C12H19ClN4/c1-9(14)10-3-2-4-17(7-10)8-11-5-16-12(13)6-15-11/h5-6,9-10H,2-4,7-8,14H2,1H3. The Morgan fingerprint density at radius 2 is 2.35 bits per heavy atom. The second-order valence-electron chi connectivity index (χ2n) is 4.83. The van der Waals surface area contributed by atoms with Crippen molar-refractivity contribution < 1.29 is 0 Å². The molecule has 1 aliphatic heterocycles. The number of likely N-dealkylation sites (tertiary alicyclic amines) is 1. The third kappa shape index (κ3) is 3.63. The summed E-state index contributed by atoms with van der Waals surface area (Å²) in [7, 11) is 0. The lowest BCUT2D eigenvalue weighted by Crippen LogP contribution is -2.42. The summed E-state index contributed by atoms with van der Waals surface area (Å²) in [6.45, 7) is 5.11. The van der Waals surface area contributed by atoms with E-state index in [4.69, 9.17) is 17.3 Å². The van der Waals surface area contributed by atoms with Crippen molar-refractivity contribution in [3.63, 3.8) is 0 Å². The maximum atomic E-state index is 5.97. The fourth-order valence-corrected chi connectivity index (χ4v) is 2.41. The molecule has 17 heavy (non-hydrogen) atoms. The Hall–Kier alpha value is -0.710. The smallest absolute Gasteiger partial charge is 0.147 e. The molecule has 1 saturated heterocycles. The van der Waals surface area contributed by atoms with Crippen molar-refractivity contribution in [2.75, 3.05) is 13.1 Å². The molecule has 4 nitrogen and oxygen atoms in total. The van der Waals surface area contributed by atoms with Gasteiger partial charge in [0.2, 0.25) is 0 Å². The van der Waals surface area contributed by atoms with Crippen molar-refractivity contribution in [2.24, 2.45) is 11.7 Å². The first-order valence-electron chi connectivity index (χ1n) is 6.09. The number of hydrogen-bond donors (Lipinski definition) is 1. The maximum Gasteiger partial charge on any atom is 0.147 e. The lowest BCUT2D eigenvalue weighted by Gasteiger charge is -2.34. The van der Waals surface area contributed by atoms with Crippen LogP contribution in [0.2, 0.25) is 5.15 Å². The van der Waals surface area contributed by atoms with Crippen LogP contribution in [0, 0.1) is 5.92 Å². The van der Waals surface area contributed by atoms with Gasteiger partial charge in [-0.1, -0.05) is 11.6 Å². The molecule has 5 heteroatoms. The lowest BCUT2D eigenvalue weighted by atomic mass is 9.92. The zero-order valence-electron chi connectivity index (χ0n) is 10.1. The molecule has 0 amide bonds. The van der Waals surface area contributed by atoms with Crippen LogP contribution in [0.1, 0.15) is 25.5 Å². The van der Waals surface area contributed by atoms with Crippen molar-refractivity contribution >= 4 is 11.6 Å². The molecule has 94 valence electrons. The van der Waals surface area contributed by atoms with E-state index >= 15 is 0 Å². The monoisotopic (exact) mass is 254 g/mol. The largest absolute Gasteiger partial charge is 0.328 e. The predicted octanol–water partition coefficient (Wildman–Crippen LogP) is 1.69. The van der Waals surface area contributed by atoms with Crippen molar-refractivity contribution in [1.82, 2.24) is 14.9 Å². The van der Waals surface area contributed by atoms with Crippen molar-refractivity contribution in [3.8, 4) is 0 Å². The van der Waals surface area contributed by atoms with E-state index in [9.17, 15) is 0 Å². The molecular weight excluding hydrogens is 236 g/mol. The molecule has 2 N–H and O–H groups in total. The summed E-state index contributed by atoms with van der Waals surface area (Å²) < 4.78 is 0. The molecule has 0 spiro atoms. The first kappa shape index (κ1) is 12.7. The lowest BCUT2D eigenvalue weighted by molar-refractivity contribution is 0.152. The summed E-state index contributed by atoms with van der Waals surface area (Å²) in [5, 5.41) is 0.445. The highest BCUT2D eigenvalue weighted by Gasteiger charge is 2.22. The summed E-state index contributed by atoms with van der Waals surface area (Å²) >= 11 is 5.72. The minimum Gasteiger partial charge on any atom is -0.328 e. The van der Waals surface area contributed by atoms with Gasteiger partial charge in [0.05, 0.1) is 18.1 Å². The molecule has 2 heterocycles. The Morgan fingerprint density at radius 3 is 3.00 bits per heavy atom. The van der Waals surface area contributed by atoms with E-state index in [0.29, 0.717) is 11.1 Å². The van der Waals surface area contributed by atoms with Gasteiger partial charge in [-0.25, -0.2) is 4.98 Å². The summed E-state index contributed by atoms with van der Waals surface area (Å²) in [5.74, 6) is 0.601. The van der Waals surface area contributed by atoms with Gasteiger partial charge in [-0.15, -0.1) is 0 Å². The highest BCUT2D eigenvalue weighted by Crippen LogP contribution is 2.20. The van der Waals surface area contributed by atoms with Crippen LogP contribution < -0.4 is 5.73 Å². The van der Waals surface area contributed by atoms with Gasteiger partial charge in [0, 0.05) is 19.1 Å². The fourth-order valence-electron chi connectivity index (χ4n) is 2.31. The van der Waals surface area contributed by atoms with Gasteiger partial charge in [0.25, 0.3) is 0 Å². The molecule has 2 unspecified atom stereocenters. The van der Waals surface area contributed by atoms with Crippen molar-refractivity contribution in [1.29, 1.82) is 0 Å². The van der Waals surface area contributed by atoms with Crippen LogP contribution in [-0.4, -0.2) is 34.0 Å². The highest BCUT2D eigenvalue weighted by molar-refractivity contribution is 6.29. The quantitative estimate of drug-likeness (QED) is 0.892. The van der Waals surface area contributed by atoms with Crippen LogP contribution in [-0.2, 0) is 6.54 Å². The van der Waals surface area contributed by atoms with Crippen LogP contribution in [0.4, 0.5) is 0 Å². The van der Waals surface area contributed by atoms with E-state index in [1.54, 1.807) is 12.4 Å². The number of hydrogen-bond acceptors (Lipinski definition) is 4. The second-order valence-corrected chi connectivity index (χ2v) is 5.21. The Morgan fingerprint density at radius 1 is 1.53 bits per heavy atom. The van der Waals surface area contributed by atoms with Crippen molar-refractivity contribution in [2.45, 2.75) is 32.4 Å². The molecule has 1 aromatic heterocycles. The summed E-state index contributed by atoms with van der Waals surface area (Å²) in [4.78, 5) is 10.7. The molecule has 2 rings (SSSR count). The number of halogens is 1. The predicted molar refractivity (Wildman–Crippen MR) is 68.7 cm³/mol. The van der Waals surface area contributed by atoms with Gasteiger partial charge in [-0.2, -0.15) is 0 Å². The Kier molecular flexibility index (Phi) is 4.31. The normalized spacial score (nSPS) is 23.6. The van der Waals surface area contributed by atoms with Gasteiger partial charge in [-0.3, -0.25) is 9.88 Å². The molecule has 0 radical (unpaired) electrons. The molecular formula is C12H19ClN4. The minimum absolute atomic E-state index is 0.272. The molecule has 1 aromatic rings. The minimum atomic E-state index is 0.272. The molecule has 2 atom stereocenters. The maximum absolute atomic E-state index is 5.97. The van der Waals surface area contributed by atoms with Crippen LogP contribution in [0.25, 0.3) is 0 Å². The van der Waals surface area contributed by atoms with Gasteiger partial charge >= 0.3 is 0 Å². The molecule has 0 bridgehead atoms. The van der Waals surface area contributed by atoms with E-state index in [1.807, 2.05) is 0 Å². The number of rotatable bonds is 3. The van der Waals surface area contributed by atoms with E-state index in [0.717, 1.165) is 25.3 Å². The molecule has 1 aliphatic rings. The van der Waals surface area contributed by atoms with Crippen molar-refractivity contribution in [3.05, 3.63) is 23.2 Å². The second kappa shape index (κ2) is 5.76. The Labute approximate surface area is 107 Å². The average Bonchev–Trinajstić information content (AvgIpc) is 2.32. The number of nitrogens with zero attached hydrogens (tertiary/aromatic N) is 3. The number of piperidine rings is 1. The van der Waals surface area contributed by atoms with Gasteiger partial charge in [-0.05, 0) is 32.2 Å². The Balaban J connectivity index is 1.92. The summed E-state index contributed by atoms with van der Waals surface area (Å²) in [6, 6.07) is 0.272. The first-order valence-corrected chi connectivity index (χ1v) is 6.47. The topological polar surface area (TPSA) is 55.0 Å². The van der Waals surface area contributed by atoms with E-state index in [-0.39, 0.29) is 6.04 Å². The summed E-state index contributed by atoms with van der Waals surface area (Å²) in [6.07, 6.45) is 5.80. The van der Waals surface area contributed by atoms with E-state index < -0.39 is 0 Å². The van der Waals surface area contributed by atoms with E-state index in [1.165, 1.54) is 12.8 Å². The van der Waals surface area contributed by atoms with Gasteiger partial charge < -0.3 is 5.73 Å². The molecule has 0 saturated carbocycles. The highest BCUT2D eigenvalue weighted by atomic mass is 35.5. The SMILES string of the molecule is CC(N)C1CCCN(Cc2cnc(Cl)cn2)C1. The van der Waals surface area contributed by atoms with Crippen LogP contribution in [0.3, 0.4) is 0 Å². The van der Waals surface area contributed by atoms with Crippen LogP contribution in [0.5, 0.6) is 0 Å². The van der Waals surface area contributed by atoms with Gasteiger partial charge in [0.15, 0.2) is 0 Å². The zero-order chi connectivity index (χ0) is 12.3. The zero-order valence-corrected chi connectivity index (χ0v) is 10.9. The molecule has 0 aliphatic carbocycles. The third-order valence-corrected chi connectivity index (χ3v) is 3.54. The average molecular weight is 255 g/mol. The number of nitrogens with two attached hydrogens (primary N) is 1.